The molecule has 1 aromatic rings. The molecule has 0 saturated heterocycles. The third-order valence-corrected chi connectivity index (χ3v) is 2.67. The zero-order valence-corrected chi connectivity index (χ0v) is 11.8. The van der Waals surface area contributed by atoms with Gasteiger partial charge in [0.15, 0.2) is 11.5 Å². The van der Waals surface area contributed by atoms with Crippen LogP contribution in [-0.4, -0.2) is 33.2 Å². The van der Waals surface area contributed by atoms with Crippen LogP contribution in [0.1, 0.15) is 18.9 Å². The number of ether oxygens (including phenoxy) is 2. The minimum atomic E-state index is -0.0391. The number of hydrogen-bond acceptors (Lipinski definition) is 4. The first kappa shape index (κ1) is 15.3. The molecule has 2 N–H and O–H groups in total. The molecule has 106 valence electrons. The monoisotopic (exact) mass is 266 g/mol. The molecule has 0 spiro atoms. The molecule has 1 rings (SSSR count). The Bertz CT molecular complexity index is 408. The highest BCUT2D eigenvalue weighted by molar-refractivity contribution is 5.75. The highest BCUT2D eigenvalue weighted by Gasteiger charge is 2.07. The summed E-state index contributed by atoms with van der Waals surface area (Å²) in [6.07, 6.45) is 0.330. The van der Waals surface area contributed by atoms with Crippen LogP contribution in [0.4, 0.5) is 0 Å². The number of nitrogens with one attached hydrogen (secondary N) is 2. The van der Waals surface area contributed by atoms with E-state index < -0.39 is 0 Å². The average molecular weight is 266 g/mol. The minimum Gasteiger partial charge on any atom is -0.493 e. The lowest BCUT2D eigenvalue weighted by atomic mass is 10.2. The molecule has 0 aromatic heterocycles. The molecule has 19 heavy (non-hydrogen) atoms. The molecular formula is C14H22N2O3. The van der Waals surface area contributed by atoms with Gasteiger partial charge in [0.05, 0.1) is 20.1 Å². The van der Waals surface area contributed by atoms with Gasteiger partial charge in [-0.15, -0.1) is 0 Å². The number of carbonyl (C=O) groups excluding carboxylic acids is 1. The maximum atomic E-state index is 11.1. The largest absolute Gasteiger partial charge is 0.493 e. The van der Waals surface area contributed by atoms with E-state index in [1.165, 1.54) is 0 Å². The van der Waals surface area contributed by atoms with Crippen LogP contribution in [0.5, 0.6) is 11.5 Å². The molecule has 1 amide bonds. The highest BCUT2D eigenvalue weighted by atomic mass is 16.5. The summed E-state index contributed by atoms with van der Waals surface area (Å²) in [5, 5.41) is 5.81. The van der Waals surface area contributed by atoms with Crippen molar-refractivity contribution in [1.29, 1.82) is 0 Å². The van der Waals surface area contributed by atoms with Crippen molar-refractivity contribution < 1.29 is 14.3 Å². The van der Waals surface area contributed by atoms with Crippen molar-refractivity contribution in [3.8, 4) is 11.5 Å². The van der Waals surface area contributed by atoms with Gasteiger partial charge in [-0.3, -0.25) is 4.79 Å². The van der Waals surface area contributed by atoms with Gasteiger partial charge in [-0.05, 0) is 24.2 Å². The maximum Gasteiger partial charge on any atom is 0.223 e. The van der Waals surface area contributed by atoms with Crippen molar-refractivity contribution in [2.45, 2.75) is 19.9 Å². The molecule has 0 aliphatic heterocycles. The molecule has 5 nitrogen and oxygen atoms in total. The molecular weight excluding hydrogens is 244 g/mol. The molecule has 0 aliphatic carbocycles. The molecule has 0 heterocycles. The van der Waals surface area contributed by atoms with E-state index >= 15 is 0 Å². The zero-order chi connectivity index (χ0) is 14.1. The summed E-state index contributed by atoms with van der Waals surface area (Å²) in [4.78, 5) is 11.1. The molecule has 0 atom stereocenters. The van der Waals surface area contributed by atoms with Gasteiger partial charge in [-0.25, -0.2) is 0 Å². The first-order chi connectivity index (χ1) is 9.21. The van der Waals surface area contributed by atoms with Crippen LogP contribution in [0.2, 0.25) is 0 Å². The van der Waals surface area contributed by atoms with E-state index in [-0.39, 0.29) is 5.91 Å². The van der Waals surface area contributed by atoms with Crippen LogP contribution in [0, 0.1) is 0 Å². The van der Waals surface area contributed by atoms with Gasteiger partial charge >= 0.3 is 0 Å². The summed E-state index contributed by atoms with van der Waals surface area (Å²) >= 11 is 0. The normalized spacial score (nSPS) is 10.1. The zero-order valence-electron chi connectivity index (χ0n) is 11.8. The van der Waals surface area contributed by atoms with Crippen LogP contribution >= 0.6 is 0 Å². The number of benzene rings is 1. The quantitative estimate of drug-likeness (QED) is 0.745. The number of carbonyl (C=O) groups is 1. The number of methoxy groups -OCH3 is 1. The van der Waals surface area contributed by atoms with Crippen molar-refractivity contribution in [3.63, 3.8) is 0 Å². The van der Waals surface area contributed by atoms with Crippen molar-refractivity contribution in [3.05, 3.63) is 23.8 Å². The topological polar surface area (TPSA) is 59.6 Å². The number of amides is 1. The predicted octanol–water partition coefficient (Wildman–Crippen LogP) is 1.32. The van der Waals surface area contributed by atoms with Crippen LogP contribution < -0.4 is 20.1 Å². The molecule has 0 unspecified atom stereocenters. The second-order valence-electron chi connectivity index (χ2n) is 4.04. The van der Waals surface area contributed by atoms with E-state index in [2.05, 4.69) is 17.6 Å². The van der Waals surface area contributed by atoms with Crippen LogP contribution in [-0.2, 0) is 11.3 Å². The van der Waals surface area contributed by atoms with Gasteiger partial charge in [-0.2, -0.15) is 0 Å². The second kappa shape index (κ2) is 8.37. The smallest absolute Gasteiger partial charge is 0.223 e. The number of rotatable bonds is 8. The predicted molar refractivity (Wildman–Crippen MR) is 74.6 cm³/mol. The van der Waals surface area contributed by atoms with Crippen molar-refractivity contribution >= 4 is 5.91 Å². The van der Waals surface area contributed by atoms with E-state index in [9.17, 15) is 4.79 Å². The molecule has 0 radical (unpaired) electrons. The summed E-state index contributed by atoms with van der Waals surface area (Å²) in [5.74, 6) is 1.31. The first-order valence-electron chi connectivity index (χ1n) is 6.42. The maximum absolute atomic E-state index is 11.1. The highest BCUT2D eigenvalue weighted by Crippen LogP contribution is 2.28. The standard InChI is InChI=1S/C14H22N2O3/c1-4-16-10-11-5-6-12(18-3)13(9-11)19-8-7-14(17)15-2/h5-6,9,16H,4,7-8,10H2,1-3H3,(H,15,17). The Morgan fingerprint density at radius 1 is 1.32 bits per heavy atom. The molecule has 0 fully saturated rings. The molecule has 1 aromatic carbocycles. The minimum absolute atomic E-state index is 0.0391. The fourth-order valence-electron chi connectivity index (χ4n) is 1.59. The molecule has 0 bridgehead atoms. The Labute approximate surface area is 114 Å². The van der Waals surface area contributed by atoms with Crippen LogP contribution in [0.15, 0.2) is 18.2 Å². The van der Waals surface area contributed by atoms with Crippen molar-refractivity contribution in [2.75, 3.05) is 27.3 Å². The lowest BCUT2D eigenvalue weighted by molar-refractivity contribution is -0.121. The van der Waals surface area contributed by atoms with Crippen LogP contribution in [0.3, 0.4) is 0 Å². The summed E-state index contributed by atoms with van der Waals surface area (Å²) in [6.45, 7) is 4.09. The average Bonchev–Trinajstić information content (AvgIpc) is 2.45. The summed E-state index contributed by atoms with van der Waals surface area (Å²) in [6, 6.07) is 5.81. The van der Waals surface area contributed by atoms with E-state index in [0.29, 0.717) is 24.5 Å². The fourth-order valence-corrected chi connectivity index (χ4v) is 1.59. The van der Waals surface area contributed by atoms with Gasteiger partial charge in [0, 0.05) is 13.6 Å². The van der Waals surface area contributed by atoms with E-state index in [1.807, 2.05) is 18.2 Å². The lowest BCUT2D eigenvalue weighted by Crippen LogP contribution is -2.20. The Hall–Kier alpha value is -1.75. The summed E-state index contributed by atoms with van der Waals surface area (Å²) in [5.41, 5.74) is 1.12. The third kappa shape index (κ3) is 5.18. The van der Waals surface area contributed by atoms with Crippen LogP contribution in [0.25, 0.3) is 0 Å². The lowest BCUT2D eigenvalue weighted by Gasteiger charge is -2.12. The first-order valence-corrected chi connectivity index (χ1v) is 6.42. The van der Waals surface area contributed by atoms with E-state index in [0.717, 1.165) is 18.7 Å². The molecule has 5 heteroatoms. The van der Waals surface area contributed by atoms with Gasteiger partial charge in [0.25, 0.3) is 0 Å². The van der Waals surface area contributed by atoms with Gasteiger partial charge in [-0.1, -0.05) is 13.0 Å². The van der Waals surface area contributed by atoms with E-state index in [1.54, 1.807) is 14.2 Å². The Morgan fingerprint density at radius 3 is 2.74 bits per heavy atom. The fraction of sp³-hybridized carbons (Fsp3) is 0.500. The second-order valence-corrected chi connectivity index (χ2v) is 4.04. The van der Waals surface area contributed by atoms with Gasteiger partial charge < -0.3 is 20.1 Å². The van der Waals surface area contributed by atoms with Gasteiger partial charge in [0.2, 0.25) is 5.91 Å². The third-order valence-electron chi connectivity index (χ3n) is 2.67. The Balaban J connectivity index is 2.64. The summed E-state index contributed by atoms with van der Waals surface area (Å²) < 4.78 is 10.9. The Kier molecular flexibility index (Phi) is 6.74. The summed E-state index contributed by atoms with van der Waals surface area (Å²) in [7, 11) is 3.21. The SMILES string of the molecule is CCNCc1ccc(OC)c(OCCC(=O)NC)c1. The van der Waals surface area contributed by atoms with Crippen molar-refractivity contribution in [2.24, 2.45) is 0 Å². The Morgan fingerprint density at radius 2 is 2.11 bits per heavy atom. The van der Waals surface area contributed by atoms with E-state index in [4.69, 9.17) is 9.47 Å². The molecule has 0 aliphatic rings. The molecule has 0 saturated carbocycles. The number of hydrogen-bond donors (Lipinski definition) is 2. The van der Waals surface area contributed by atoms with Gasteiger partial charge in [0.1, 0.15) is 0 Å². The van der Waals surface area contributed by atoms with Crippen molar-refractivity contribution in [1.82, 2.24) is 10.6 Å².